The summed E-state index contributed by atoms with van der Waals surface area (Å²) < 4.78 is 81.7. The van der Waals surface area contributed by atoms with Crippen LogP contribution in [-0.2, 0) is 66.3 Å². The van der Waals surface area contributed by atoms with Crippen LogP contribution in [0.1, 0.15) is 10.4 Å². The topological polar surface area (TPSA) is 587 Å². The van der Waals surface area contributed by atoms with Crippen LogP contribution < -0.4 is 16.0 Å². The van der Waals surface area contributed by atoms with E-state index < -0.39 is 255 Å². The highest BCUT2D eigenvalue weighted by Crippen LogP contribution is 2.39. The molecule has 95 heavy (non-hydrogen) atoms. The van der Waals surface area contributed by atoms with Crippen molar-refractivity contribution in [3.63, 3.8) is 0 Å². The normalized spacial score (nSPS) is 47.1. The largest absolute Gasteiger partial charge is 0.394 e. The molecule has 23 rings (SSSR count). The Morgan fingerprint density at radius 3 is 0.853 bits per heavy atom. The van der Waals surface area contributed by atoms with E-state index in [9.17, 15) is 107 Å². The van der Waals surface area contributed by atoms with Crippen LogP contribution in [0.5, 0.6) is 0 Å². The van der Waals surface area contributed by atoms with E-state index in [1.54, 1.807) is 12.1 Å². The zero-order valence-corrected chi connectivity index (χ0v) is 50.6. The van der Waals surface area contributed by atoms with Crippen LogP contribution in [-0.4, -0.2) is 395 Å². The van der Waals surface area contributed by atoms with Gasteiger partial charge in [-0.25, -0.2) is 0 Å². The molecule has 2 aromatic rings. The minimum absolute atomic E-state index is 0.138. The van der Waals surface area contributed by atoms with Crippen molar-refractivity contribution in [3.8, 4) is 0 Å². The van der Waals surface area contributed by atoms with Crippen molar-refractivity contribution in [3.05, 3.63) is 48.0 Å². The maximum atomic E-state index is 13.1. The summed E-state index contributed by atoms with van der Waals surface area (Å²) in [6, 6.07) is 12.8. The van der Waals surface area contributed by atoms with Crippen molar-refractivity contribution >= 4 is 16.7 Å². The molecule has 38 heteroatoms. The number of ether oxygens (including phenoxy) is 14. The molecular weight excluding hydrogens is 1290 g/mol. The molecule has 2 aromatic carbocycles. The molecule has 0 spiro atoms. The van der Waals surface area contributed by atoms with Gasteiger partial charge in [-0.3, -0.25) is 4.79 Å². The highest BCUT2D eigenvalue weighted by Gasteiger charge is 2.59. The second-order valence-electron chi connectivity index (χ2n) is 24.2. The standard InChI is InChI=1S/C57H87N3O35/c61-13-23-44-31(69)38(76)53(84-23)92-46-25(15-63)86-55(40(78)33(46)71)94-48-27(17-65)88-57(42(80)35(48)73)95-49-28(18-66)87-56(41(79)34(49)72)93-47-26(16-64)85-54(39(77)32(47)70)91-45-24(14-62)83-52(37(75)30(45)68)89-43-22(82-51(90-44)36(74)29(43)67)12-59-9-8-58-10-11-60-50(81)21-7-3-5-19-4-1-2-6-20(19)21/h1-7,22-49,51-59,61-80H,8-18H2,(H,60,81)/t22-,23-,24-,25-,26-,27-,28-,29-,30-,31-,32-,33-,34-,35-,36-,37-,38-,39-,40-,41-,42-,43-,44-,45-,46-,47-,48-,49-,51-,52-,53-,54-,55-,56-,57-/m1/s1. The van der Waals surface area contributed by atoms with Crippen LogP contribution in [0.25, 0.3) is 10.8 Å². The average Bonchev–Trinajstić information content (AvgIpc) is 0.794. The van der Waals surface area contributed by atoms with Crippen LogP contribution in [0.3, 0.4) is 0 Å². The number of carbonyl (C=O) groups excluding carboxylic acids is 1. The number of fused-ring (bicyclic) bond motifs is 1. The first-order valence-corrected chi connectivity index (χ1v) is 31.1. The van der Waals surface area contributed by atoms with Crippen molar-refractivity contribution in [1.82, 2.24) is 16.0 Å². The fourth-order valence-corrected chi connectivity index (χ4v) is 12.8. The fraction of sp³-hybridized carbons (Fsp3) is 0.807. The first kappa shape index (κ1) is 74.4. The molecule has 0 saturated carbocycles. The summed E-state index contributed by atoms with van der Waals surface area (Å²) in [6.07, 6.45) is -70.1. The summed E-state index contributed by atoms with van der Waals surface area (Å²) in [4.78, 5) is 13.1. The molecular formula is C57H87N3O35. The zero-order chi connectivity index (χ0) is 68.3. The summed E-state index contributed by atoms with van der Waals surface area (Å²) in [6.45, 7) is -5.72. The molecule has 21 heterocycles. The first-order valence-electron chi connectivity index (χ1n) is 31.1. The minimum atomic E-state index is -2.22. The van der Waals surface area contributed by atoms with Crippen LogP contribution in [0.4, 0.5) is 0 Å². The lowest BCUT2D eigenvalue weighted by Crippen LogP contribution is -2.68. The predicted octanol–water partition coefficient (Wildman–Crippen LogP) is -13.5. The molecule has 1 amide bonds. The highest BCUT2D eigenvalue weighted by atomic mass is 16.8. The molecule has 0 aromatic heterocycles. The van der Waals surface area contributed by atoms with Gasteiger partial charge in [-0.1, -0.05) is 36.4 Å². The summed E-state index contributed by atoms with van der Waals surface area (Å²) in [5, 5.41) is 235. The molecule has 14 bridgehead atoms. The third-order valence-corrected chi connectivity index (χ3v) is 18.0. The van der Waals surface area contributed by atoms with Crippen molar-refractivity contribution in [2.75, 3.05) is 72.4 Å². The van der Waals surface area contributed by atoms with Gasteiger partial charge in [0.15, 0.2) is 44.0 Å². The second-order valence-corrected chi connectivity index (χ2v) is 24.2. The Kier molecular flexibility index (Phi) is 25.9. The molecule has 23 N–H and O–H groups in total. The summed E-state index contributed by atoms with van der Waals surface area (Å²) in [5.41, 5.74) is 0.482. The number of nitrogens with one attached hydrogen (secondary N) is 3. The Balaban J connectivity index is 0.890. The summed E-state index contributed by atoms with van der Waals surface area (Å²) >= 11 is 0. The molecule has 21 aliphatic rings. The van der Waals surface area contributed by atoms with E-state index in [2.05, 4.69) is 16.0 Å². The monoisotopic (exact) mass is 1370 g/mol. The molecule has 38 nitrogen and oxygen atoms in total. The van der Waals surface area contributed by atoms with Gasteiger partial charge >= 0.3 is 0 Å². The number of rotatable bonds is 15. The molecule has 21 saturated heterocycles. The Labute approximate surface area is 540 Å². The number of carbonyl (C=O) groups is 1. The van der Waals surface area contributed by atoms with E-state index in [4.69, 9.17) is 66.3 Å². The molecule has 21 aliphatic heterocycles. The Bertz CT molecular complexity index is 2700. The number of hydrogen-bond acceptors (Lipinski definition) is 37. The quantitative estimate of drug-likeness (QED) is 0.0736. The van der Waals surface area contributed by atoms with Gasteiger partial charge in [-0.15, -0.1) is 0 Å². The second kappa shape index (κ2) is 33.0. The predicted molar refractivity (Wildman–Crippen MR) is 303 cm³/mol. The summed E-state index contributed by atoms with van der Waals surface area (Å²) in [5.74, 6) is -0.299. The van der Waals surface area contributed by atoms with Crippen molar-refractivity contribution in [2.24, 2.45) is 0 Å². The van der Waals surface area contributed by atoms with Crippen LogP contribution in [0, 0.1) is 0 Å². The number of aliphatic hydroxyl groups is 20. The van der Waals surface area contributed by atoms with E-state index in [1.807, 2.05) is 30.3 Å². The first-order chi connectivity index (χ1) is 45.6. The van der Waals surface area contributed by atoms with Crippen LogP contribution >= 0.6 is 0 Å². The Morgan fingerprint density at radius 1 is 0.295 bits per heavy atom. The Hall–Kier alpha value is -3.27. The minimum Gasteiger partial charge on any atom is -0.394 e. The SMILES string of the molecule is O=C(NCCNCCNC[C@H]1O[C@@H]2O[C@H]3[C@H](O)[C@@H](O)[C@@H](O[C@H]4[C@H](O)[C@@H](O)[C@@H](O[C@H]5[C@H](O)[C@@H](O)[C@@H](O[C@H]6[C@H](O)[C@@H](O)[C@@H](O[C@H]7[C@H](O)[C@@H](O)[C@@H](O[C@H]8[C@H](O)[C@@H](O)[C@@H](O[C@H]1[C@H](O)[C@H]2O)O[C@@H]8CO)O[C@@H]7CO)O[C@@H]6CO)O[C@@H]5CO)O[C@@H]4CO)O[C@@H]3CO)c1cccc2ccccc12. The lowest BCUT2D eigenvalue weighted by Gasteiger charge is -2.50. The number of aliphatic hydroxyl groups excluding tert-OH is 20. The molecule has 0 unspecified atom stereocenters. The lowest BCUT2D eigenvalue weighted by atomic mass is 9.95. The maximum Gasteiger partial charge on any atom is 0.251 e. The molecule has 0 radical (unpaired) electrons. The van der Waals surface area contributed by atoms with Gasteiger partial charge in [-0.2, -0.15) is 0 Å². The lowest BCUT2D eigenvalue weighted by molar-refractivity contribution is -0.396. The zero-order valence-electron chi connectivity index (χ0n) is 50.6. The average molecular weight is 1370 g/mol. The van der Waals surface area contributed by atoms with Crippen molar-refractivity contribution in [2.45, 2.75) is 215 Å². The van der Waals surface area contributed by atoms with E-state index in [1.165, 1.54) is 0 Å². The van der Waals surface area contributed by atoms with Crippen molar-refractivity contribution in [1.29, 1.82) is 0 Å². The van der Waals surface area contributed by atoms with Gasteiger partial charge in [0.25, 0.3) is 5.91 Å². The molecule has 35 atom stereocenters. The van der Waals surface area contributed by atoms with Gasteiger partial charge in [0.1, 0.15) is 171 Å². The van der Waals surface area contributed by atoms with Crippen LogP contribution in [0.15, 0.2) is 42.5 Å². The van der Waals surface area contributed by atoms with Gasteiger partial charge < -0.3 is 184 Å². The van der Waals surface area contributed by atoms with Crippen LogP contribution in [0.2, 0.25) is 0 Å². The highest BCUT2D eigenvalue weighted by molar-refractivity contribution is 6.07. The maximum absolute atomic E-state index is 13.1. The number of hydrogen-bond donors (Lipinski definition) is 23. The van der Waals surface area contributed by atoms with Gasteiger partial charge in [-0.05, 0) is 16.8 Å². The van der Waals surface area contributed by atoms with Gasteiger partial charge in [0.2, 0.25) is 0 Å². The number of benzene rings is 2. The molecule has 21 fully saturated rings. The van der Waals surface area contributed by atoms with Gasteiger partial charge in [0.05, 0.1) is 39.6 Å². The van der Waals surface area contributed by atoms with E-state index in [0.717, 1.165) is 10.8 Å². The molecule has 540 valence electrons. The molecule has 0 aliphatic carbocycles. The van der Waals surface area contributed by atoms with E-state index >= 15 is 0 Å². The number of amides is 1. The van der Waals surface area contributed by atoms with Crippen molar-refractivity contribution < 1.29 is 173 Å². The third kappa shape index (κ3) is 15.8. The Morgan fingerprint density at radius 2 is 0.547 bits per heavy atom. The van der Waals surface area contributed by atoms with E-state index in [0.29, 0.717) is 12.1 Å². The van der Waals surface area contributed by atoms with E-state index in [-0.39, 0.29) is 32.1 Å². The third-order valence-electron chi connectivity index (χ3n) is 18.0. The summed E-state index contributed by atoms with van der Waals surface area (Å²) in [7, 11) is 0. The van der Waals surface area contributed by atoms with Gasteiger partial charge in [0, 0.05) is 38.3 Å². The fourth-order valence-electron chi connectivity index (χ4n) is 12.8. The smallest absolute Gasteiger partial charge is 0.251 e.